The highest BCUT2D eigenvalue weighted by atomic mass is 35.5. The number of hydrogen-bond acceptors (Lipinski definition) is 4. The average molecular weight is 369 g/mol. The molecule has 0 aliphatic carbocycles. The predicted molar refractivity (Wildman–Crippen MR) is 88.4 cm³/mol. The Bertz CT molecular complexity index is 520. The Kier molecular flexibility index (Phi) is 7.34. The number of aliphatic hydroxyl groups is 1. The van der Waals surface area contributed by atoms with Gasteiger partial charge in [-0.1, -0.05) is 26.0 Å². The second kappa shape index (κ2) is 8.38. The third-order valence-electron chi connectivity index (χ3n) is 4.07. The van der Waals surface area contributed by atoms with Crippen molar-refractivity contribution in [2.45, 2.75) is 26.3 Å². The zero-order valence-electron chi connectivity index (χ0n) is 13.8. The number of nitrogens with one attached hydrogen (secondary N) is 1. The van der Waals surface area contributed by atoms with E-state index in [1.165, 1.54) is 12.1 Å². The molecule has 1 aliphatic rings. The van der Waals surface area contributed by atoms with Crippen molar-refractivity contribution in [3.8, 4) is 5.75 Å². The Morgan fingerprint density at radius 3 is 2.42 bits per heavy atom. The Hall–Kier alpha value is -1.02. The number of aliphatic hydroxyl groups excluding tert-OH is 1. The van der Waals surface area contributed by atoms with Crippen molar-refractivity contribution in [1.29, 1.82) is 0 Å². The van der Waals surface area contributed by atoms with E-state index in [4.69, 9.17) is 0 Å². The van der Waals surface area contributed by atoms with Gasteiger partial charge in [0.25, 0.3) is 0 Å². The first kappa shape index (κ1) is 21.0. The predicted octanol–water partition coefficient (Wildman–Crippen LogP) is 2.97. The van der Waals surface area contributed by atoms with E-state index < -0.39 is 11.8 Å². The molecule has 1 saturated heterocycles. The van der Waals surface area contributed by atoms with Crippen molar-refractivity contribution in [3.63, 3.8) is 0 Å². The smallest absolute Gasteiger partial charge is 0.406 e. The Balaban J connectivity index is 0.00000288. The van der Waals surface area contributed by atoms with Gasteiger partial charge in [-0.25, -0.2) is 0 Å². The summed E-state index contributed by atoms with van der Waals surface area (Å²) in [7, 11) is 0. The van der Waals surface area contributed by atoms with E-state index in [0.717, 1.165) is 26.2 Å². The van der Waals surface area contributed by atoms with Crippen molar-refractivity contribution in [1.82, 2.24) is 10.2 Å². The third kappa shape index (κ3) is 5.51. The van der Waals surface area contributed by atoms with Crippen LogP contribution in [-0.4, -0.2) is 49.2 Å². The number of alkyl halides is 3. The zero-order valence-corrected chi connectivity index (χ0v) is 14.6. The molecule has 2 N–H and O–H groups in total. The van der Waals surface area contributed by atoms with Crippen molar-refractivity contribution in [3.05, 3.63) is 29.8 Å². The highest BCUT2D eigenvalue weighted by molar-refractivity contribution is 5.85. The molecule has 1 aromatic rings. The number of piperazine rings is 1. The van der Waals surface area contributed by atoms with E-state index in [2.05, 4.69) is 15.0 Å². The van der Waals surface area contributed by atoms with Crippen LogP contribution in [-0.2, 0) is 0 Å². The van der Waals surface area contributed by atoms with Crippen molar-refractivity contribution >= 4 is 12.4 Å². The minimum Gasteiger partial charge on any atom is -0.406 e. The highest BCUT2D eigenvalue weighted by Crippen LogP contribution is 2.39. The van der Waals surface area contributed by atoms with Gasteiger partial charge in [0.05, 0.1) is 0 Å². The molecule has 0 amide bonds. The van der Waals surface area contributed by atoms with Gasteiger partial charge in [0, 0.05) is 44.2 Å². The number of ether oxygens (including phenoxy) is 1. The summed E-state index contributed by atoms with van der Waals surface area (Å²) in [5, 5.41) is 13.0. The number of rotatable bonds is 5. The molecule has 1 atom stereocenters. The van der Waals surface area contributed by atoms with E-state index in [0.29, 0.717) is 5.56 Å². The van der Waals surface area contributed by atoms with Gasteiger partial charge in [0.15, 0.2) is 0 Å². The standard InChI is InChI=1S/C16H23F3N2O2.ClH/c1-15(2,11-22)14(21-8-6-20-7-9-21)12-4-3-5-13(10-12)23-16(17,18)19;/h3-5,10,14,20,22H,6-9,11H2,1-2H3;1H/t14-;/m0./s1. The summed E-state index contributed by atoms with van der Waals surface area (Å²) >= 11 is 0. The van der Waals surface area contributed by atoms with Crippen LogP contribution in [0.25, 0.3) is 0 Å². The van der Waals surface area contributed by atoms with Gasteiger partial charge in [-0.2, -0.15) is 0 Å². The molecule has 0 spiro atoms. The largest absolute Gasteiger partial charge is 0.573 e. The Morgan fingerprint density at radius 2 is 1.88 bits per heavy atom. The maximum absolute atomic E-state index is 12.4. The van der Waals surface area contributed by atoms with E-state index in [-0.39, 0.29) is 30.8 Å². The minimum atomic E-state index is -4.71. The van der Waals surface area contributed by atoms with E-state index in [1.807, 2.05) is 13.8 Å². The molecule has 0 aromatic heterocycles. The fourth-order valence-corrected chi connectivity index (χ4v) is 3.06. The quantitative estimate of drug-likeness (QED) is 0.838. The molecule has 0 saturated carbocycles. The monoisotopic (exact) mass is 368 g/mol. The van der Waals surface area contributed by atoms with Crippen molar-refractivity contribution < 1.29 is 23.0 Å². The van der Waals surface area contributed by atoms with Crippen LogP contribution in [0, 0.1) is 5.41 Å². The van der Waals surface area contributed by atoms with Crippen LogP contribution in [0.3, 0.4) is 0 Å². The van der Waals surface area contributed by atoms with Gasteiger partial charge < -0.3 is 15.2 Å². The molecule has 1 heterocycles. The molecular formula is C16H24ClF3N2O2. The number of nitrogens with zero attached hydrogens (tertiary/aromatic N) is 1. The third-order valence-corrected chi connectivity index (χ3v) is 4.07. The average Bonchev–Trinajstić information content (AvgIpc) is 2.47. The van der Waals surface area contributed by atoms with Gasteiger partial charge in [-0.3, -0.25) is 4.90 Å². The molecule has 24 heavy (non-hydrogen) atoms. The first-order valence-electron chi connectivity index (χ1n) is 7.64. The van der Waals surface area contributed by atoms with Gasteiger partial charge in [0.1, 0.15) is 5.75 Å². The molecule has 1 aliphatic heterocycles. The van der Waals surface area contributed by atoms with Crippen LogP contribution in [0.15, 0.2) is 24.3 Å². The molecule has 1 fully saturated rings. The lowest BCUT2D eigenvalue weighted by molar-refractivity contribution is -0.274. The fraction of sp³-hybridized carbons (Fsp3) is 0.625. The van der Waals surface area contributed by atoms with Gasteiger partial charge >= 0.3 is 6.36 Å². The second-order valence-corrected chi connectivity index (χ2v) is 6.46. The highest BCUT2D eigenvalue weighted by Gasteiger charge is 2.36. The van der Waals surface area contributed by atoms with Crippen LogP contribution in [0.2, 0.25) is 0 Å². The van der Waals surface area contributed by atoms with Crippen LogP contribution < -0.4 is 10.1 Å². The summed E-state index contributed by atoms with van der Waals surface area (Å²) in [6.45, 7) is 6.95. The summed E-state index contributed by atoms with van der Waals surface area (Å²) < 4.78 is 41.4. The van der Waals surface area contributed by atoms with E-state index in [9.17, 15) is 18.3 Å². The summed E-state index contributed by atoms with van der Waals surface area (Å²) in [6, 6.07) is 5.85. The van der Waals surface area contributed by atoms with Crippen molar-refractivity contribution in [2.24, 2.45) is 5.41 Å². The first-order valence-corrected chi connectivity index (χ1v) is 7.64. The van der Waals surface area contributed by atoms with Crippen LogP contribution in [0.5, 0.6) is 5.75 Å². The Morgan fingerprint density at radius 1 is 1.25 bits per heavy atom. The topological polar surface area (TPSA) is 44.7 Å². The second-order valence-electron chi connectivity index (χ2n) is 6.46. The summed E-state index contributed by atoms with van der Waals surface area (Å²) in [6.07, 6.45) is -4.71. The maximum Gasteiger partial charge on any atom is 0.573 e. The van der Waals surface area contributed by atoms with Crippen LogP contribution in [0.4, 0.5) is 13.2 Å². The number of halogens is 4. The normalized spacial score (nSPS) is 17.9. The molecule has 0 unspecified atom stereocenters. The summed E-state index contributed by atoms with van der Waals surface area (Å²) in [5.74, 6) is -0.233. The fourth-order valence-electron chi connectivity index (χ4n) is 3.06. The van der Waals surface area contributed by atoms with Gasteiger partial charge in [-0.05, 0) is 17.7 Å². The zero-order chi connectivity index (χ0) is 17.1. The van der Waals surface area contributed by atoms with Crippen LogP contribution in [0.1, 0.15) is 25.5 Å². The first-order chi connectivity index (χ1) is 10.7. The molecule has 4 nitrogen and oxygen atoms in total. The lowest BCUT2D eigenvalue weighted by Crippen LogP contribution is -2.49. The molecule has 138 valence electrons. The maximum atomic E-state index is 12.4. The van der Waals surface area contributed by atoms with E-state index >= 15 is 0 Å². The SMILES string of the molecule is CC(C)(CO)[C@H](c1cccc(OC(F)(F)F)c1)N1CCNCC1.Cl. The summed E-state index contributed by atoms with van der Waals surface area (Å²) in [5.41, 5.74) is 0.224. The minimum absolute atomic E-state index is 0. The van der Waals surface area contributed by atoms with Crippen molar-refractivity contribution in [2.75, 3.05) is 32.8 Å². The molecule has 0 radical (unpaired) electrons. The molecule has 2 rings (SSSR count). The lowest BCUT2D eigenvalue weighted by Gasteiger charge is -2.43. The van der Waals surface area contributed by atoms with E-state index in [1.54, 1.807) is 12.1 Å². The Labute approximate surface area is 146 Å². The molecule has 0 bridgehead atoms. The molecular weight excluding hydrogens is 345 g/mol. The lowest BCUT2D eigenvalue weighted by atomic mass is 9.79. The van der Waals surface area contributed by atoms with Crippen LogP contribution >= 0.6 is 12.4 Å². The van der Waals surface area contributed by atoms with Gasteiger partial charge in [0.2, 0.25) is 0 Å². The molecule has 8 heteroatoms. The number of benzene rings is 1. The number of hydrogen-bond donors (Lipinski definition) is 2. The van der Waals surface area contributed by atoms with Gasteiger partial charge in [-0.15, -0.1) is 25.6 Å². The molecule has 1 aromatic carbocycles. The summed E-state index contributed by atoms with van der Waals surface area (Å²) in [4.78, 5) is 2.19.